The molecule has 0 aromatic carbocycles. The Morgan fingerprint density at radius 1 is 1.27 bits per heavy atom. The molecular weight excluding hydrogens is 483 g/mol. The first kappa shape index (κ1) is 25.6. The highest BCUT2D eigenvalue weighted by Gasteiger charge is 2.51. The number of sulfonamides is 1. The smallest absolute Gasteiger partial charge is 0.391 e. The summed E-state index contributed by atoms with van der Waals surface area (Å²) in [7, 11) is -3.79. The third-order valence-corrected chi connectivity index (χ3v) is 8.27. The number of ether oxygens (including phenoxy) is 1. The Balaban J connectivity index is 1.72. The van der Waals surface area contributed by atoms with Crippen molar-refractivity contribution in [2.45, 2.75) is 48.2 Å². The third-order valence-electron chi connectivity index (χ3n) is 5.44. The summed E-state index contributed by atoms with van der Waals surface area (Å²) in [6, 6.07) is 2.48. The monoisotopic (exact) mass is 509 g/mol. The van der Waals surface area contributed by atoms with Crippen LogP contribution in [0.5, 0.6) is 0 Å². The van der Waals surface area contributed by atoms with Crippen LogP contribution in [0, 0.1) is 5.92 Å². The Bertz CT molecular complexity index is 1020. The second-order valence-corrected chi connectivity index (χ2v) is 11.1. The number of halogens is 3. The predicted molar refractivity (Wildman–Crippen MR) is 117 cm³/mol. The Morgan fingerprint density at radius 3 is 2.45 bits per heavy atom. The lowest BCUT2D eigenvalue weighted by atomic mass is 9.92. The second-order valence-electron chi connectivity index (χ2n) is 8.01. The Morgan fingerprint density at radius 2 is 1.91 bits per heavy atom. The molecule has 1 unspecified atom stereocenters. The molecule has 3 rings (SSSR count). The number of nitrogen functional groups attached to an aromatic ring is 1. The quantitative estimate of drug-likeness (QED) is 0.404. The first-order chi connectivity index (χ1) is 15.4. The summed E-state index contributed by atoms with van der Waals surface area (Å²) < 4.78 is 72.3. The maximum Gasteiger partial charge on any atom is 0.421 e. The zero-order valence-corrected chi connectivity index (χ0v) is 19.4. The summed E-state index contributed by atoms with van der Waals surface area (Å²) in [6.07, 6.45) is -0.911. The molecule has 184 valence electrons. The molecule has 2 aromatic rings. The molecule has 1 saturated heterocycles. The number of hydrogen-bond acceptors (Lipinski definition) is 9. The highest BCUT2D eigenvalue weighted by molar-refractivity contribution is 7.91. The van der Waals surface area contributed by atoms with Crippen molar-refractivity contribution in [3.05, 3.63) is 30.1 Å². The third kappa shape index (κ3) is 6.53. The van der Waals surface area contributed by atoms with Crippen LogP contribution in [0.15, 0.2) is 28.7 Å². The van der Waals surface area contributed by atoms with Crippen molar-refractivity contribution >= 4 is 32.3 Å². The number of nitrogens with two attached hydrogens (primary N) is 1. The minimum Gasteiger partial charge on any atom is -0.391 e. The Kier molecular flexibility index (Phi) is 7.84. The number of nitrogens with one attached hydrogen (secondary N) is 2. The van der Waals surface area contributed by atoms with Crippen LogP contribution in [-0.4, -0.2) is 55.5 Å². The first-order valence-electron chi connectivity index (χ1n) is 10.2. The fraction of sp³-hybridized carbons (Fsp3) is 0.579. The van der Waals surface area contributed by atoms with Crippen molar-refractivity contribution < 1.29 is 31.4 Å². The van der Waals surface area contributed by atoms with Crippen LogP contribution in [-0.2, 0) is 20.4 Å². The summed E-state index contributed by atoms with van der Waals surface area (Å²) in [5.74, 6) is 0.289. The first-order valence-corrected chi connectivity index (χ1v) is 12.5. The molecule has 5 N–H and O–H groups in total. The van der Waals surface area contributed by atoms with Gasteiger partial charge in [0.2, 0.25) is 16.0 Å². The Hall–Kier alpha value is -2.00. The largest absolute Gasteiger partial charge is 0.421 e. The van der Waals surface area contributed by atoms with Crippen molar-refractivity contribution in [2.75, 3.05) is 30.8 Å². The van der Waals surface area contributed by atoms with E-state index in [1.807, 2.05) is 0 Å². The molecule has 3 heterocycles. The number of anilines is 2. The van der Waals surface area contributed by atoms with E-state index in [9.17, 15) is 26.7 Å². The molecule has 0 aliphatic carbocycles. The zero-order chi connectivity index (χ0) is 24.3. The predicted octanol–water partition coefficient (Wildman–Crippen LogP) is 2.47. The average Bonchev–Trinajstić information content (AvgIpc) is 3.20. The normalized spacial score (nSPS) is 18.6. The van der Waals surface area contributed by atoms with Crippen LogP contribution in [0.4, 0.5) is 24.1 Å². The van der Waals surface area contributed by atoms with E-state index in [1.165, 1.54) is 12.1 Å². The fourth-order valence-electron chi connectivity index (χ4n) is 3.34. The molecular formula is C19H26F3N5O4S2. The lowest BCUT2D eigenvalue weighted by molar-refractivity contribution is -0.259. The SMILES string of the molecule is CC(O)(c1cnc(N[C@H](CNS(=O)(=O)c2ccc(N)s2)CC2CCOCC2)nc1)C(F)(F)F. The van der Waals surface area contributed by atoms with Gasteiger partial charge in [-0.15, -0.1) is 11.3 Å². The van der Waals surface area contributed by atoms with Gasteiger partial charge in [0.15, 0.2) is 5.60 Å². The number of alkyl halides is 3. The summed E-state index contributed by atoms with van der Waals surface area (Å²) in [5.41, 5.74) is 2.03. The van der Waals surface area contributed by atoms with E-state index in [0.29, 0.717) is 31.6 Å². The van der Waals surface area contributed by atoms with Crippen molar-refractivity contribution in [1.29, 1.82) is 0 Å². The van der Waals surface area contributed by atoms with E-state index in [1.54, 1.807) is 0 Å². The number of rotatable bonds is 9. The van der Waals surface area contributed by atoms with E-state index in [-0.39, 0.29) is 22.6 Å². The van der Waals surface area contributed by atoms with E-state index in [4.69, 9.17) is 10.5 Å². The minimum absolute atomic E-state index is 0.00285. The van der Waals surface area contributed by atoms with Gasteiger partial charge in [0.25, 0.3) is 0 Å². The molecule has 1 fully saturated rings. The summed E-state index contributed by atoms with van der Waals surface area (Å²) in [6.45, 7) is 1.84. The summed E-state index contributed by atoms with van der Waals surface area (Å²) in [4.78, 5) is 7.80. The lowest BCUT2D eigenvalue weighted by Crippen LogP contribution is -2.40. The molecule has 0 radical (unpaired) electrons. The molecule has 2 aromatic heterocycles. The summed E-state index contributed by atoms with van der Waals surface area (Å²) >= 11 is 0.942. The van der Waals surface area contributed by atoms with Crippen LogP contribution in [0.25, 0.3) is 0 Å². The van der Waals surface area contributed by atoms with Gasteiger partial charge in [0.05, 0.1) is 5.00 Å². The Labute approximate surface area is 193 Å². The minimum atomic E-state index is -4.89. The van der Waals surface area contributed by atoms with E-state index >= 15 is 0 Å². The van der Waals surface area contributed by atoms with Gasteiger partial charge in [-0.1, -0.05) is 0 Å². The van der Waals surface area contributed by atoms with Crippen molar-refractivity contribution in [2.24, 2.45) is 5.92 Å². The van der Waals surface area contributed by atoms with Crippen LogP contribution in [0.3, 0.4) is 0 Å². The molecule has 14 heteroatoms. The van der Waals surface area contributed by atoms with Gasteiger partial charge in [-0.3, -0.25) is 0 Å². The highest BCUT2D eigenvalue weighted by Crippen LogP contribution is 2.38. The molecule has 1 aliphatic heterocycles. The number of hydrogen-bond donors (Lipinski definition) is 4. The maximum atomic E-state index is 13.0. The van der Waals surface area contributed by atoms with Gasteiger partial charge in [-0.2, -0.15) is 13.2 Å². The van der Waals surface area contributed by atoms with Gasteiger partial charge < -0.3 is 20.9 Å². The van der Waals surface area contributed by atoms with Crippen LogP contribution >= 0.6 is 11.3 Å². The number of nitrogens with zero attached hydrogens (tertiary/aromatic N) is 2. The second kappa shape index (κ2) is 10.1. The average molecular weight is 510 g/mol. The van der Waals surface area contributed by atoms with Gasteiger partial charge in [-0.05, 0) is 44.2 Å². The van der Waals surface area contributed by atoms with Gasteiger partial charge in [0, 0.05) is 43.8 Å². The molecule has 0 saturated carbocycles. The fourth-order valence-corrected chi connectivity index (χ4v) is 5.56. The van der Waals surface area contributed by atoms with E-state index < -0.39 is 33.4 Å². The van der Waals surface area contributed by atoms with Crippen LogP contribution < -0.4 is 15.8 Å². The van der Waals surface area contributed by atoms with Gasteiger partial charge in [0.1, 0.15) is 4.21 Å². The van der Waals surface area contributed by atoms with Gasteiger partial charge in [-0.25, -0.2) is 23.1 Å². The number of aliphatic hydroxyl groups is 1. The van der Waals surface area contributed by atoms with Crippen LogP contribution in [0.2, 0.25) is 0 Å². The summed E-state index contributed by atoms with van der Waals surface area (Å²) in [5, 5.41) is 13.1. The number of thiophene rings is 1. The number of aromatic nitrogens is 2. The molecule has 33 heavy (non-hydrogen) atoms. The highest BCUT2D eigenvalue weighted by atomic mass is 32.2. The van der Waals surface area contributed by atoms with E-state index in [2.05, 4.69) is 20.0 Å². The zero-order valence-electron chi connectivity index (χ0n) is 17.8. The molecule has 0 spiro atoms. The van der Waals surface area contributed by atoms with E-state index in [0.717, 1.165) is 36.6 Å². The standard InChI is InChI=1S/C19H26F3N5O4S2/c1-18(28,19(20,21)22)13-9-24-17(25-10-13)27-14(8-12-4-6-31-7-5-12)11-26-33(29,30)16-3-2-15(23)32-16/h2-3,9-10,12,14,26,28H,4-8,11,23H2,1H3,(H,24,25,27)/t14-,18?/m0/s1. The molecule has 0 amide bonds. The lowest BCUT2D eigenvalue weighted by Gasteiger charge is -2.28. The molecule has 0 bridgehead atoms. The molecule has 2 atom stereocenters. The van der Waals surface area contributed by atoms with Crippen molar-refractivity contribution in [3.63, 3.8) is 0 Å². The van der Waals surface area contributed by atoms with Crippen molar-refractivity contribution in [3.8, 4) is 0 Å². The van der Waals surface area contributed by atoms with Crippen molar-refractivity contribution in [1.82, 2.24) is 14.7 Å². The molecule has 9 nitrogen and oxygen atoms in total. The topological polar surface area (TPSA) is 139 Å². The van der Waals surface area contributed by atoms with Crippen LogP contribution in [0.1, 0.15) is 31.7 Å². The maximum absolute atomic E-state index is 13.0. The van der Waals surface area contributed by atoms with Gasteiger partial charge >= 0.3 is 6.18 Å². The molecule has 1 aliphatic rings.